The molecule has 0 aromatic rings. The summed E-state index contributed by atoms with van der Waals surface area (Å²) in [5.74, 6) is 19.9. The Balaban J connectivity index is 1.50. The molecule has 10 aliphatic carbocycles. The molecule has 0 amide bonds. The molecule has 10 aliphatic rings. The van der Waals surface area contributed by atoms with Crippen molar-refractivity contribution in [2.24, 2.45) is 106 Å². The molecule has 0 aromatic carbocycles. The van der Waals surface area contributed by atoms with Crippen molar-refractivity contribution in [2.45, 2.75) is 26.7 Å². The first kappa shape index (κ1) is 10.1. The molecule has 18 atom stereocenters. The number of hydrogen-bond acceptors (Lipinski definition) is 0. The molecule has 0 bridgehead atoms. The van der Waals surface area contributed by atoms with Crippen LogP contribution >= 0.6 is 0 Å². The number of rotatable bonds is 0. The molecule has 0 N–H and O–H groups in total. The normalized spacial score (nSPS) is 98.5. The summed E-state index contributed by atoms with van der Waals surface area (Å²) in [5.41, 5.74) is 1.73. The third-order valence-corrected chi connectivity index (χ3v) is 13.9. The van der Waals surface area contributed by atoms with Gasteiger partial charge in [0.15, 0.2) is 0 Å². The highest BCUT2D eigenvalue weighted by Crippen LogP contribution is 3.01. The van der Waals surface area contributed by atoms with E-state index in [1.807, 2.05) is 0 Å². The minimum Gasteiger partial charge on any atom is -0.0588 e. The molecule has 0 heterocycles. The van der Waals surface area contributed by atoms with Gasteiger partial charge in [-0.1, -0.05) is 13.8 Å². The third kappa shape index (κ3) is 0.501. The van der Waals surface area contributed by atoms with Crippen LogP contribution in [0.3, 0.4) is 0 Å². The lowest BCUT2D eigenvalue weighted by atomic mass is 9.61. The summed E-state index contributed by atoms with van der Waals surface area (Å²) in [5, 5.41) is 0. The standard InChI is InChI=1S/C22H26/c1-21-15-5-3-7-11-9(5)17(21)13-14-18(21)10-6(15)4-8-12(10)20(14)22(2,16(7)8)19(11)13/h5-20H,3-4H2,1-2H3/t5-,6-,7-,8+,9+,10+,11+,12-,13?,14?,15?,16?,17+,18-,19+,20+,21?,22?/m1/s1. The number of fused-ring (bicyclic) bond motifs is 4. The summed E-state index contributed by atoms with van der Waals surface area (Å²) in [7, 11) is 0. The van der Waals surface area contributed by atoms with Gasteiger partial charge >= 0.3 is 0 Å². The first-order chi connectivity index (χ1) is 10.7. The van der Waals surface area contributed by atoms with Crippen molar-refractivity contribution in [3.8, 4) is 0 Å². The fourth-order valence-electron chi connectivity index (χ4n) is 15.5. The topological polar surface area (TPSA) is 0 Å². The van der Waals surface area contributed by atoms with Crippen LogP contribution in [0.4, 0.5) is 0 Å². The highest BCUT2D eigenvalue weighted by atomic mass is 15.0. The Kier molecular flexibility index (Phi) is 1.00. The number of hydrogen-bond donors (Lipinski definition) is 0. The lowest BCUT2D eigenvalue weighted by Gasteiger charge is -2.43. The van der Waals surface area contributed by atoms with Gasteiger partial charge in [0.05, 0.1) is 0 Å². The fourth-order valence-corrected chi connectivity index (χ4v) is 15.5. The smallest absolute Gasteiger partial charge is 0.0224 e. The van der Waals surface area contributed by atoms with Crippen molar-refractivity contribution in [3.05, 3.63) is 0 Å². The Morgan fingerprint density at radius 2 is 0.773 bits per heavy atom. The Bertz CT molecular complexity index is 624. The quantitative estimate of drug-likeness (QED) is 0.637. The Morgan fingerprint density at radius 3 is 1.09 bits per heavy atom. The van der Waals surface area contributed by atoms with Crippen molar-refractivity contribution >= 4 is 0 Å². The Hall–Kier alpha value is 0. The first-order valence-corrected chi connectivity index (χ1v) is 10.7. The second-order valence-corrected chi connectivity index (χ2v) is 12.5. The molecule has 0 nitrogen and oxygen atoms in total. The fraction of sp³-hybridized carbons (Fsp3) is 1.00. The van der Waals surface area contributed by atoms with Crippen LogP contribution in [0.25, 0.3) is 0 Å². The predicted octanol–water partition coefficient (Wildman–Crippen LogP) is 3.77. The van der Waals surface area contributed by atoms with Gasteiger partial charge in [-0.2, -0.15) is 0 Å². The van der Waals surface area contributed by atoms with Gasteiger partial charge in [0.2, 0.25) is 0 Å². The molecule has 0 aromatic heterocycles. The van der Waals surface area contributed by atoms with Crippen molar-refractivity contribution in [1.29, 1.82) is 0 Å². The molecule has 0 saturated heterocycles. The van der Waals surface area contributed by atoms with Gasteiger partial charge < -0.3 is 0 Å². The molecule has 10 rings (SSSR count). The predicted molar refractivity (Wildman–Crippen MR) is 81.3 cm³/mol. The summed E-state index contributed by atoms with van der Waals surface area (Å²) in [4.78, 5) is 0. The van der Waals surface area contributed by atoms with E-state index < -0.39 is 0 Å². The van der Waals surface area contributed by atoms with Gasteiger partial charge in [-0.05, 0) is 118 Å². The molecule has 0 aliphatic heterocycles. The molecule has 0 heteroatoms. The Labute approximate surface area is 132 Å². The van der Waals surface area contributed by atoms with Gasteiger partial charge in [-0.3, -0.25) is 0 Å². The van der Waals surface area contributed by atoms with E-state index in [9.17, 15) is 0 Å². The van der Waals surface area contributed by atoms with Crippen molar-refractivity contribution in [1.82, 2.24) is 0 Å². The zero-order valence-electron chi connectivity index (χ0n) is 13.7. The summed E-state index contributed by atoms with van der Waals surface area (Å²) < 4.78 is 0. The van der Waals surface area contributed by atoms with Gasteiger partial charge in [0.1, 0.15) is 0 Å². The van der Waals surface area contributed by atoms with E-state index in [0.29, 0.717) is 0 Å². The highest BCUT2D eigenvalue weighted by molar-refractivity contribution is 5.44. The monoisotopic (exact) mass is 290 g/mol. The lowest BCUT2D eigenvalue weighted by molar-refractivity contribution is 0.0391. The summed E-state index contributed by atoms with van der Waals surface area (Å²) in [6.45, 7) is 5.76. The van der Waals surface area contributed by atoms with Crippen molar-refractivity contribution in [2.75, 3.05) is 0 Å². The maximum atomic E-state index is 2.88. The van der Waals surface area contributed by atoms with Crippen LogP contribution in [0.2, 0.25) is 0 Å². The maximum Gasteiger partial charge on any atom is -0.0224 e. The molecule has 0 radical (unpaired) electrons. The van der Waals surface area contributed by atoms with Crippen LogP contribution in [0.15, 0.2) is 0 Å². The van der Waals surface area contributed by atoms with E-state index in [-0.39, 0.29) is 0 Å². The lowest BCUT2D eigenvalue weighted by Crippen LogP contribution is -2.39. The maximum absolute atomic E-state index is 2.88. The van der Waals surface area contributed by atoms with E-state index in [1.165, 1.54) is 94.7 Å². The molecule has 10 saturated carbocycles. The van der Waals surface area contributed by atoms with E-state index in [4.69, 9.17) is 0 Å². The highest BCUT2D eigenvalue weighted by Gasteiger charge is 2.97. The van der Waals surface area contributed by atoms with Crippen molar-refractivity contribution in [3.63, 3.8) is 0 Å². The average Bonchev–Trinajstić information content (AvgIpc) is 3.16. The van der Waals surface area contributed by atoms with Crippen LogP contribution in [-0.4, -0.2) is 0 Å². The van der Waals surface area contributed by atoms with Gasteiger partial charge in [0.25, 0.3) is 0 Å². The summed E-state index contributed by atoms with van der Waals surface area (Å²) >= 11 is 0. The average molecular weight is 290 g/mol. The van der Waals surface area contributed by atoms with Crippen LogP contribution in [-0.2, 0) is 0 Å². The van der Waals surface area contributed by atoms with Gasteiger partial charge in [-0.15, -0.1) is 0 Å². The van der Waals surface area contributed by atoms with Crippen LogP contribution in [0, 0.1) is 106 Å². The first-order valence-electron chi connectivity index (χ1n) is 10.7. The molecule has 114 valence electrons. The van der Waals surface area contributed by atoms with E-state index in [2.05, 4.69) is 13.8 Å². The Morgan fingerprint density at radius 1 is 0.455 bits per heavy atom. The van der Waals surface area contributed by atoms with Gasteiger partial charge in [0, 0.05) is 0 Å². The zero-order chi connectivity index (χ0) is 13.7. The largest absolute Gasteiger partial charge is 0.0588 e. The van der Waals surface area contributed by atoms with E-state index >= 15 is 0 Å². The van der Waals surface area contributed by atoms with Crippen LogP contribution in [0.1, 0.15) is 26.7 Å². The summed E-state index contributed by atoms with van der Waals surface area (Å²) in [6.07, 6.45) is 3.46. The molecule has 0 spiro atoms. The minimum absolute atomic E-state index is 0.863. The minimum atomic E-state index is 0.863. The second kappa shape index (κ2) is 2.19. The molecular weight excluding hydrogens is 264 g/mol. The molecule has 6 unspecified atom stereocenters. The molecule has 22 heavy (non-hydrogen) atoms. The van der Waals surface area contributed by atoms with Crippen LogP contribution < -0.4 is 0 Å². The van der Waals surface area contributed by atoms with E-state index in [1.54, 1.807) is 12.8 Å². The SMILES string of the molecule is CC12C3[C@H]4C[C@H]5C6[C@@H]7C[C@@H]3[C@H]3[C@H]7[C@H]7C(C8[C@@H]1[C@H]4[C@H]5[C@H]8C67C)[C@H]32. The van der Waals surface area contributed by atoms with Crippen LogP contribution in [0.5, 0.6) is 0 Å². The molecular formula is C22H26. The van der Waals surface area contributed by atoms with E-state index in [0.717, 1.165) is 10.8 Å². The zero-order valence-corrected chi connectivity index (χ0v) is 13.7. The second-order valence-electron chi connectivity index (χ2n) is 12.5. The molecule has 10 fully saturated rings. The van der Waals surface area contributed by atoms with Crippen molar-refractivity contribution < 1.29 is 0 Å². The van der Waals surface area contributed by atoms with Gasteiger partial charge in [-0.25, -0.2) is 0 Å². The summed E-state index contributed by atoms with van der Waals surface area (Å²) in [6, 6.07) is 0. The third-order valence-electron chi connectivity index (χ3n) is 13.9.